The highest BCUT2D eigenvalue weighted by molar-refractivity contribution is 14.1. The molecule has 0 radical (unpaired) electrons. The number of para-hydroxylation sites is 1. The van der Waals surface area contributed by atoms with Crippen LogP contribution in [0.5, 0.6) is 0 Å². The van der Waals surface area contributed by atoms with Crippen molar-refractivity contribution in [3.8, 4) is 5.69 Å². The van der Waals surface area contributed by atoms with Crippen LogP contribution in [0.25, 0.3) is 16.7 Å². The van der Waals surface area contributed by atoms with Crippen LogP contribution in [-0.4, -0.2) is 9.55 Å². The minimum absolute atomic E-state index is 0.139. The van der Waals surface area contributed by atoms with E-state index in [0.717, 1.165) is 22.5 Å². The van der Waals surface area contributed by atoms with Crippen LogP contribution in [0, 0.1) is 10.5 Å². The number of halogens is 2. The molecule has 102 valence electrons. The van der Waals surface area contributed by atoms with E-state index in [1.807, 2.05) is 19.1 Å². The molecule has 0 saturated heterocycles. The van der Waals surface area contributed by atoms with E-state index in [9.17, 15) is 0 Å². The number of rotatable bonds is 2. The Morgan fingerprint density at radius 3 is 2.65 bits per heavy atom. The molecule has 0 N–H and O–H groups in total. The summed E-state index contributed by atoms with van der Waals surface area (Å²) < 4.78 is 3.34. The lowest BCUT2D eigenvalue weighted by Crippen LogP contribution is -2.03. The summed E-state index contributed by atoms with van der Waals surface area (Å²) in [7, 11) is 0. The number of hydrogen-bond donors (Lipinski definition) is 0. The molecule has 0 amide bonds. The summed E-state index contributed by atoms with van der Waals surface area (Å²) in [6.07, 6.45) is 0. The van der Waals surface area contributed by atoms with Crippen LogP contribution in [0.2, 0.25) is 0 Å². The quantitative estimate of drug-likeness (QED) is 0.428. The molecule has 0 spiro atoms. The van der Waals surface area contributed by atoms with Crippen molar-refractivity contribution in [2.75, 3.05) is 0 Å². The maximum Gasteiger partial charge on any atom is 0.132 e. The predicted molar refractivity (Wildman–Crippen MR) is 92.8 cm³/mol. The standard InChI is InChI=1S/C16H14ClIN2/c1-10-5-3-4-6-14(10)20-15-8-7-12(18)9-13(15)19-16(20)11(2)17/h3-9,11H,1-2H3. The van der Waals surface area contributed by atoms with Crippen molar-refractivity contribution in [3.05, 3.63) is 57.4 Å². The Morgan fingerprint density at radius 1 is 1.20 bits per heavy atom. The van der Waals surface area contributed by atoms with Gasteiger partial charge >= 0.3 is 0 Å². The van der Waals surface area contributed by atoms with E-state index in [-0.39, 0.29) is 5.38 Å². The first-order chi connectivity index (χ1) is 9.58. The minimum Gasteiger partial charge on any atom is -0.295 e. The average Bonchev–Trinajstić information content (AvgIpc) is 2.78. The van der Waals surface area contributed by atoms with E-state index in [1.165, 1.54) is 9.13 Å². The average molecular weight is 397 g/mol. The summed E-state index contributed by atoms with van der Waals surface area (Å²) in [5, 5.41) is -0.139. The Morgan fingerprint density at radius 2 is 1.95 bits per heavy atom. The number of alkyl halides is 1. The minimum atomic E-state index is -0.139. The lowest BCUT2D eigenvalue weighted by molar-refractivity contribution is 0.878. The van der Waals surface area contributed by atoms with Gasteiger partial charge in [0.05, 0.1) is 22.1 Å². The van der Waals surface area contributed by atoms with Gasteiger partial charge in [0, 0.05) is 3.57 Å². The third-order valence-corrected chi connectivity index (χ3v) is 4.22. The molecule has 0 aliphatic carbocycles. The van der Waals surface area contributed by atoms with E-state index in [1.54, 1.807) is 0 Å². The van der Waals surface area contributed by atoms with Crippen LogP contribution in [0.3, 0.4) is 0 Å². The van der Waals surface area contributed by atoms with Gasteiger partial charge in [-0.1, -0.05) is 18.2 Å². The number of nitrogens with zero attached hydrogens (tertiary/aromatic N) is 2. The zero-order valence-corrected chi connectivity index (χ0v) is 14.2. The second kappa shape index (κ2) is 5.37. The van der Waals surface area contributed by atoms with Gasteiger partial charge in [0.15, 0.2) is 0 Å². The van der Waals surface area contributed by atoms with Crippen molar-refractivity contribution in [2.45, 2.75) is 19.2 Å². The van der Waals surface area contributed by atoms with Crippen LogP contribution < -0.4 is 0 Å². The second-order valence-electron chi connectivity index (χ2n) is 4.84. The molecule has 2 aromatic carbocycles. The Labute approximate surface area is 136 Å². The third-order valence-electron chi connectivity index (χ3n) is 3.35. The van der Waals surface area contributed by atoms with Crippen molar-refractivity contribution in [3.63, 3.8) is 0 Å². The maximum atomic E-state index is 6.34. The molecular weight excluding hydrogens is 383 g/mol. The highest BCUT2D eigenvalue weighted by atomic mass is 127. The van der Waals surface area contributed by atoms with Gasteiger partial charge in [-0.2, -0.15) is 0 Å². The number of hydrogen-bond acceptors (Lipinski definition) is 1. The molecule has 0 fully saturated rings. The fourth-order valence-corrected chi connectivity index (χ4v) is 3.03. The highest BCUT2D eigenvalue weighted by Gasteiger charge is 2.17. The Hall–Kier alpha value is -1.07. The molecule has 4 heteroatoms. The smallest absolute Gasteiger partial charge is 0.132 e. The van der Waals surface area contributed by atoms with Crippen molar-refractivity contribution in [1.29, 1.82) is 0 Å². The lowest BCUT2D eigenvalue weighted by Gasteiger charge is -2.13. The molecule has 0 saturated carbocycles. The fraction of sp³-hybridized carbons (Fsp3) is 0.188. The normalized spacial score (nSPS) is 12.8. The Bertz CT molecular complexity index is 777. The van der Waals surface area contributed by atoms with Gasteiger partial charge < -0.3 is 0 Å². The molecule has 1 heterocycles. The molecule has 1 aromatic heterocycles. The molecule has 0 bridgehead atoms. The van der Waals surface area contributed by atoms with E-state index in [4.69, 9.17) is 16.6 Å². The van der Waals surface area contributed by atoms with Gasteiger partial charge in [0.25, 0.3) is 0 Å². The number of benzene rings is 2. The number of aromatic nitrogens is 2. The Kier molecular flexibility index (Phi) is 3.73. The molecule has 0 aliphatic rings. The van der Waals surface area contributed by atoms with Crippen molar-refractivity contribution >= 4 is 45.2 Å². The lowest BCUT2D eigenvalue weighted by atomic mass is 10.2. The molecule has 3 rings (SSSR count). The molecule has 20 heavy (non-hydrogen) atoms. The van der Waals surface area contributed by atoms with Gasteiger partial charge in [0.2, 0.25) is 0 Å². The first kappa shape index (κ1) is 13.9. The van der Waals surface area contributed by atoms with E-state index in [0.29, 0.717) is 0 Å². The number of fused-ring (bicyclic) bond motifs is 1. The van der Waals surface area contributed by atoms with Gasteiger partial charge in [-0.15, -0.1) is 11.6 Å². The summed E-state index contributed by atoms with van der Waals surface area (Å²) in [5.41, 5.74) is 4.44. The van der Waals surface area contributed by atoms with Crippen LogP contribution in [0.4, 0.5) is 0 Å². The Balaban J connectivity index is 2.38. The summed E-state index contributed by atoms with van der Waals surface area (Å²) >= 11 is 8.64. The van der Waals surface area contributed by atoms with Gasteiger partial charge in [-0.05, 0) is 66.3 Å². The van der Waals surface area contributed by atoms with E-state index < -0.39 is 0 Å². The summed E-state index contributed by atoms with van der Waals surface area (Å²) in [6, 6.07) is 14.6. The monoisotopic (exact) mass is 396 g/mol. The van der Waals surface area contributed by atoms with Crippen LogP contribution in [-0.2, 0) is 0 Å². The largest absolute Gasteiger partial charge is 0.295 e. The van der Waals surface area contributed by atoms with Crippen molar-refractivity contribution in [1.82, 2.24) is 9.55 Å². The third kappa shape index (κ3) is 2.33. The molecule has 0 aliphatic heterocycles. The van der Waals surface area contributed by atoms with Crippen LogP contribution in [0.15, 0.2) is 42.5 Å². The second-order valence-corrected chi connectivity index (χ2v) is 6.74. The predicted octanol–water partition coefficient (Wildman–Crippen LogP) is 5.24. The fourth-order valence-electron chi connectivity index (χ4n) is 2.41. The molecule has 1 atom stereocenters. The molecule has 2 nitrogen and oxygen atoms in total. The van der Waals surface area contributed by atoms with Crippen LogP contribution in [0.1, 0.15) is 23.7 Å². The number of aryl methyl sites for hydroxylation is 1. The van der Waals surface area contributed by atoms with Gasteiger partial charge in [-0.25, -0.2) is 4.98 Å². The molecule has 3 aromatic rings. The topological polar surface area (TPSA) is 17.8 Å². The summed E-state index contributed by atoms with van der Waals surface area (Å²) in [6.45, 7) is 4.07. The maximum absolute atomic E-state index is 6.34. The summed E-state index contributed by atoms with van der Waals surface area (Å²) in [5.74, 6) is 0.887. The van der Waals surface area contributed by atoms with E-state index >= 15 is 0 Å². The van der Waals surface area contributed by atoms with Crippen molar-refractivity contribution in [2.24, 2.45) is 0 Å². The highest BCUT2D eigenvalue weighted by Crippen LogP contribution is 2.30. The molecule has 1 unspecified atom stereocenters. The van der Waals surface area contributed by atoms with Gasteiger partial charge in [-0.3, -0.25) is 4.57 Å². The van der Waals surface area contributed by atoms with E-state index in [2.05, 4.69) is 64.4 Å². The SMILES string of the molecule is Cc1ccccc1-n1c(C(C)Cl)nc2cc(I)ccc21. The van der Waals surface area contributed by atoms with Gasteiger partial charge in [0.1, 0.15) is 5.82 Å². The number of imidazole rings is 1. The first-order valence-electron chi connectivity index (χ1n) is 6.46. The summed E-state index contributed by atoms with van der Waals surface area (Å²) in [4.78, 5) is 4.72. The van der Waals surface area contributed by atoms with Crippen LogP contribution >= 0.6 is 34.2 Å². The van der Waals surface area contributed by atoms with Crippen molar-refractivity contribution < 1.29 is 0 Å². The zero-order valence-electron chi connectivity index (χ0n) is 11.3. The zero-order chi connectivity index (χ0) is 14.3. The molecular formula is C16H14ClIN2. The first-order valence-corrected chi connectivity index (χ1v) is 7.97.